The molecule has 5 atom stereocenters. The summed E-state index contributed by atoms with van der Waals surface area (Å²) in [6.45, 7) is 7.58. The topological polar surface area (TPSA) is 135 Å². The molecular formula is C33H48N4O6S. The van der Waals surface area contributed by atoms with Gasteiger partial charge in [0.1, 0.15) is 29.9 Å². The summed E-state index contributed by atoms with van der Waals surface area (Å²) in [5.41, 5.74) is 4.62. The van der Waals surface area contributed by atoms with E-state index in [-0.39, 0.29) is 18.4 Å². The van der Waals surface area contributed by atoms with Gasteiger partial charge in [-0.1, -0.05) is 42.5 Å². The molecule has 0 radical (unpaired) electrons. The van der Waals surface area contributed by atoms with Gasteiger partial charge >= 0.3 is 0 Å². The van der Waals surface area contributed by atoms with Crippen LogP contribution in [0.25, 0.3) is 0 Å². The Kier molecular flexibility index (Phi) is 13.0. The molecule has 2 aliphatic heterocycles. The summed E-state index contributed by atoms with van der Waals surface area (Å²) in [6.07, 6.45) is -0.0716. The van der Waals surface area contributed by atoms with Crippen LogP contribution in [0.15, 0.2) is 42.5 Å². The average molecular weight is 629 g/mol. The smallest absolute Gasteiger partial charge is 0.239 e. The van der Waals surface area contributed by atoms with E-state index in [1.807, 2.05) is 25.1 Å². The first-order valence-corrected chi connectivity index (χ1v) is 16.8. The highest BCUT2D eigenvalue weighted by Crippen LogP contribution is 2.36. The molecule has 0 bridgehead atoms. The van der Waals surface area contributed by atoms with Crippen LogP contribution in [0.2, 0.25) is 0 Å². The number of hydrogen-bond donors (Lipinski definition) is 5. The molecular weight excluding hydrogens is 580 g/mol. The molecule has 11 heteroatoms. The van der Waals surface area contributed by atoms with Crippen LogP contribution >= 0.6 is 11.8 Å². The number of nitrogens with one attached hydrogen (secondary N) is 2. The second-order valence-electron chi connectivity index (χ2n) is 11.9. The van der Waals surface area contributed by atoms with E-state index in [1.54, 1.807) is 6.26 Å². The van der Waals surface area contributed by atoms with Crippen LogP contribution in [0, 0.1) is 6.92 Å². The summed E-state index contributed by atoms with van der Waals surface area (Å²) < 4.78 is 5.95. The Morgan fingerprint density at radius 3 is 2.34 bits per heavy atom. The van der Waals surface area contributed by atoms with Gasteiger partial charge in [-0.25, -0.2) is 0 Å². The number of aryl methyl sites for hydroxylation is 2. The molecule has 2 aromatic carbocycles. The lowest BCUT2D eigenvalue weighted by molar-refractivity contribution is -0.200. The minimum Gasteiger partial charge on any atom is -0.387 e. The number of ether oxygens (including phenoxy) is 1. The first-order chi connectivity index (χ1) is 21.1. The number of amides is 2. The predicted octanol–water partition coefficient (Wildman–Crippen LogP) is 1.23. The van der Waals surface area contributed by atoms with E-state index >= 15 is 0 Å². The molecule has 2 saturated heterocycles. The number of thioether (sulfide) groups is 1. The maximum Gasteiger partial charge on any atom is 0.239 e. The number of aliphatic hydroxyl groups excluding tert-OH is 3. The van der Waals surface area contributed by atoms with Gasteiger partial charge in [-0.3, -0.25) is 14.5 Å². The van der Waals surface area contributed by atoms with Crippen molar-refractivity contribution in [2.75, 3.05) is 59.1 Å². The maximum atomic E-state index is 12.3. The number of piperazine rings is 1. The highest BCUT2D eigenvalue weighted by Gasteiger charge is 2.44. The van der Waals surface area contributed by atoms with Crippen molar-refractivity contribution >= 4 is 23.6 Å². The van der Waals surface area contributed by atoms with Gasteiger partial charge in [0, 0.05) is 45.7 Å². The molecule has 0 aromatic heterocycles. The molecule has 0 unspecified atom stereocenters. The lowest BCUT2D eigenvalue weighted by Crippen LogP contribution is -2.52. The van der Waals surface area contributed by atoms with Crippen LogP contribution < -0.4 is 10.6 Å². The summed E-state index contributed by atoms with van der Waals surface area (Å²) in [4.78, 5) is 29.0. The van der Waals surface area contributed by atoms with E-state index in [4.69, 9.17) is 4.74 Å². The van der Waals surface area contributed by atoms with Crippen molar-refractivity contribution < 1.29 is 29.6 Å². The summed E-state index contributed by atoms with van der Waals surface area (Å²) in [6, 6.07) is 14.2. The normalized spacial score (nSPS) is 24.6. The third-order valence-corrected chi connectivity index (χ3v) is 9.44. The largest absolute Gasteiger partial charge is 0.387 e. The van der Waals surface area contributed by atoms with Gasteiger partial charge in [-0.2, -0.15) is 0 Å². The summed E-state index contributed by atoms with van der Waals surface area (Å²) in [5.74, 6) is -0.282. The average Bonchev–Trinajstić information content (AvgIpc) is 3.02. The van der Waals surface area contributed by atoms with E-state index in [2.05, 4.69) is 51.7 Å². The SMILES string of the molecule is CS[C@H]1O[C@@H](c2ccc(C)c(Cc3ccc(CCCC(=O)NCC(=O)NCCN4CCN(C)CC4)cc3)c2)[C@H](O)[C@@H](O)[C@@H]1O. The van der Waals surface area contributed by atoms with E-state index in [9.17, 15) is 24.9 Å². The van der Waals surface area contributed by atoms with E-state index in [0.29, 0.717) is 25.8 Å². The molecule has 2 amide bonds. The fourth-order valence-corrected chi connectivity index (χ4v) is 6.30. The zero-order chi connectivity index (χ0) is 31.6. The van der Waals surface area contributed by atoms with E-state index in [0.717, 1.165) is 67.0 Å². The van der Waals surface area contributed by atoms with Crippen LogP contribution in [0.1, 0.15) is 46.8 Å². The highest BCUT2D eigenvalue weighted by atomic mass is 32.2. The quantitative estimate of drug-likeness (QED) is 0.222. The van der Waals surface area contributed by atoms with Crippen LogP contribution in [0.5, 0.6) is 0 Å². The van der Waals surface area contributed by atoms with E-state index < -0.39 is 29.9 Å². The Morgan fingerprint density at radius 2 is 1.64 bits per heavy atom. The molecule has 0 spiro atoms. The van der Waals surface area contributed by atoms with Crippen molar-refractivity contribution in [3.8, 4) is 0 Å². The molecule has 10 nitrogen and oxygen atoms in total. The Labute approximate surface area is 265 Å². The number of rotatable bonds is 13. The van der Waals surface area contributed by atoms with Crippen molar-refractivity contribution in [1.82, 2.24) is 20.4 Å². The van der Waals surface area contributed by atoms with Gasteiger partial charge in [0.25, 0.3) is 0 Å². The molecule has 0 saturated carbocycles. The molecule has 4 rings (SSSR count). The van der Waals surface area contributed by atoms with E-state index in [1.165, 1.54) is 11.8 Å². The molecule has 2 heterocycles. The number of nitrogens with zero attached hydrogens (tertiary/aromatic N) is 2. The zero-order valence-electron chi connectivity index (χ0n) is 26.1. The van der Waals surface area contributed by atoms with Crippen LogP contribution in [0.3, 0.4) is 0 Å². The number of aliphatic hydroxyl groups is 3. The van der Waals surface area contributed by atoms with Gasteiger partial charge in [-0.15, -0.1) is 11.8 Å². The second-order valence-corrected chi connectivity index (χ2v) is 12.9. The standard InChI is InChI=1S/C33H48N4O6S/c1-22-7-12-25(32-30(41)29(40)31(42)33(43-32)44-3)20-26(22)19-24-10-8-23(9-11-24)5-4-6-27(38)35-21-28(39)34-13-14-37-17-15-36(2)16-18-37/h7-12,20,29-33,40-42H,4-6,13-19,21H2,1-3H3,(H,34,39)(H,35,38)/t29-,30-,31+,32+,33-/m1/s1. The van der Waals surface area contributed by atoms with Gasteiger partial charge in [0.2, 0.25) is 11.8 Å². The van der Waals surface area contributed by atoms with Crippen molar-refractivity contribution in [3.63, 3.8) is 0 Å². The Bertz CT molecular complexity index is 1220. The summed E-state index contributed by atoms with van der Waals surface area (Å²) in [5, 5.41) is 36.7. The van der Waals surface area contributed by atoms with Crippen molar-refractivity contribution in [1.29, 1.82) is 0 Å². The molecule has 2 aliphatic rings. The minimum atomic E-state index is -1.28. The minimum absolute atomic E-state index is 0.00337. The second kappa shape index (κ2) is 16.7. The first kappa shape index (κ1) is 34.4. The Morgan fingerprint density at radius 1 is 0.932 bits per heavy atom. The fourth-order valence-electron chi connectivity index (χ4n) is 5.63. The summed E-state index contributed by atoms with van der Waals surface area (Å²) in [7, 11) is 2.12. The van der Waals surface area contributed by atoms with Crippen LogP contribution in [-0.4, -0.2) is 120 Å². The van der Waals surface area contributed by atoms with Gasteiger partial charge in [-0.05, 0) is 67.3 Å². The maximum absolute atomic E-state index is 12.3. The first-order valence-electron chi connectivity index (χ1n) is 15.5. The molecule has 0 aliphatic carbocycles. The Balaban J connectivity index is 1.18. The van der Waals surface area contributed by atoms with Crippen LogP contribution in [0.4, 0.5) is 0 Å². The van der Waals surface area contributed by atoms with Crippen molar-refractivity contribution in [3.05, 3.63) is 70.3 Å². The highest BCUT2D eigenvalue weighted by molar-refractivity contribution is 7.99. The summed E-state index contributed by atoms with van der Waals surface area (Å²) >= 11 is 1.30. The number of likely N-dealkylation sites (N-methyl/N-ethyl adjacent to an activating group) is 1. The van der Waals surface area contributed by atoms with Gasteiger partial charge < -0.3 is 35.6 Å². The lowest BCUT2D eigenvalue weighted by Gasteiger charge is -2.40. The zero-order valence-corrected chi connectivity index (χ0v) is 26.9. The lowest BCUT2D eigenvalue weighted by atomic mass is 9.91. The Hall–Kier alpha value is -2.51. The molecule has 2 aromatic rings. The number of benzene rings is 2. The monoisotopic (exact) mass is 628 g/mol. The van der Waals surface area contributed by atoms with Crippen molar-refractivity contribution in [2.24, 2.45) is 0 Å². The molecule has 2 fully saturated rings. The third-order valence-electron chi connectivity index (χ3n) is 8.58. The number of carbonyl (C=O) groups excluding carboxylic acids is 2. The predicted molar refractivity (Wildman–Crippen MR) is 172 cm³/mol. The number of carbonyl (C=O) groups is 2. The van der Waals surface area contributed by atoms with Crippen molar-refractivity contribution in [2.45, 2.75) is 62.5 Å². The van der Waals surface area contributed by atoms with Gasteiger partial charge in [0.15, 0.2) is 0 Å². The fraction of sp³-hybridized carbons (Fsp3) is 0.576. The molecule has 44 heavy (non-hydrogen) atoms. The third kappa shape index (κ3) is 9.74. The molecule has 242 valence electrons. The number of hydrogen-bond acceptors (Lipinski definition) is 9. The van der Waals surface area contributed by atoms with Gasteiger partial charge in [0.05, 0.1) is 6.54 Å². The van der Waals surface area contributed by atoms with Crippen LogP contribution in [-0.2, 0) is 27.2 Å². The molecule has 5 N–H and O–H groups in total.